The maximum atomic E-state index is 15.7. The molecular weight excluding hydrogens is 819 g/mol. The average molecular weight is 862 g/mol. The highest BCUT2D eigenvalue weighted by atomic mass is 19.1. The third-order valence-corrected chi connectivity index (χ3v) is 9.80. The van der Waals surface area contributed by atoms with Gasteiger partial charge in [-0.1, -0.05) is 13.0 Å². The molecule has 0 bridgehead atoms. The Kier molecular flexibility index (Phi) is 14.7. The van der Waals surface area contributed by atoms with Crippen molar-refractivity contribution < 1.29 is 66.7 Å². The minimum absolute atomic E-state index is 0.138. The molecule has 0 aliphatic carbocycles. The number of hydrogen-bond donors (Lipinski definition) is 4. The molecule has 1 unspecified atom stereocenters. The zero-order valence-corrected chi connectivity index (χ0v) is 33.0. The third-order valence-electron chi connectivity index (χ3n) is 9.80. The fourth-order valence-corrected chi connectivity index (χ4v) is 6.44. The van der Waals surface area contributed by atoms with Crippen molar-refractivity contribution in [3.8, 4) is 5.75 Å². The summed E-state index contributed by atoms with van der Waals surface area (Å²) in [5.41, 5.74) is -3.19. The van der Waals surface area contributed by atoms with Gasteiger partial charge in [-0.05, 0) is 23.8 Å². The number of carbonyl (C=O) groups is 3. The van der Waals surface area contributed by atoms with Crippen LogP contribution in [0.2, 0.25) is 0 Å². The molecule has 5 rings (SSSR count). The highest BCUT2D eigenvalue weighted by molar-refractivity contribution is 5.73. The van der Waals surface area contributed by atoms with Gasteiger partial charge in [0.2, 0.25) is 12.2 Å². The van der Waals surface area contributed by atoms with Crippen LogP contribution in [0, 0.1) is 27.6 Å². The number of aliphatic hydroxyl groups excluding tert-OH is 3. The molecule has 3 amide bonds. The van der Waals surface area contributed by atoms with Crippen molar-refractivity contribution in [2.75, 3.05) is 33.8 Å². The van der Waals surface area contributed by atoms with E-state index in [0.717, 1.165) is 53.5 Å². The predicted octanol–water partition coefficient (Wildman–Crippen LogP) is 1.75. The first-order chi connectivity index (χ1) is 28.9. The van der Waals surface area contributed by atoms with E-state index in [2.05, 4.69) is 25.4 Å². The lowest BCUT2D eigenvalue weighted by Crippen LogP contribution is -2.65. The summed E-state index contributed by atoms with van der Waals surface area (Å²) in [5, 5.41) is 48.8. The first kappa shape index (κ1) is 45.6. The summed E-state index contributed by atoms with van der Waals surface area (Å²) in [7, 11) is 2.65. The Morgan fingerprint density at radius 3 is 2.38 bits per heavy atom. The quantitative estimate of drug-likeness (QED) is 0.0923. The number of aromatic nitrogens is 5. The van der Waals surface area contributed by atoms with Gasteiger partial charge in [0, 0.05) is 57.7 Å². The molecule has 1 aliphatic heterocycles. The normalized spacial score (nSPS) is 20.1. The van der Waals surface area contributed by atoms with Crippen LogP contribution in [-0.4, -0.2) is 137 Å². The number of rotatable bonds is 16. The smallest absolute Gasteiger partial charge is 0.410 e. The summed E-state index contributed by atoms with van der Waals surface area (Å²) < 4.78 is 68.7. The molecule has 328 valence electrons. The Bertz CT molecular complexity index is 2190. The maximum Gasteiger partial charge on any atom is 0.410 e. The fraction of sp³-hybridized carbons (Fsp3) is 0.432. The fourth-order valence-electron chi connectivity index (χ4n) is 6.44. The molecule has 2 aromatic heterocycles. The molecule has 1 saturated heterocycles. The number of halogens is 3. The van der Waals surface area contributed by atoms with Crippen LogP contribution in [0.3, 0.4) is 0 Å². The lowest BCUT2D eigenvalue weighted by molar-refractivity contribution is -0.386. The summed E-state index contributed by atoms with van der Waals surface area (Å²) >= 11 is 0. The number of nitro benzene ring substituents is 1. The summed E-state index contributed by atoms with van der Waals surface area (Å²) in [5.74, 6) is -5.19. The molecular formula is C37H42F3N9O12. The number of nitro groups is 1. The van der Waals surface area contributed by atoms with Crippen LogP contribution < -0.4 is 10.1 Å². The first-order valence-corrected chi connectivity index (χ1v) is 18.3. The van der Waals surface area contributed by atoms with E-state index in [-0.39, 0.29) is 35.7 Å². The molecule has 4 N–H and O–H groups in total. The number of amides is 3. The van der Waals surface area contributed by atoms with Crippen molar-refractivity contribution in [1.29, 1.82) is 0 Å². The van der Waals surface area contributed by atoms with E-state index >= 15 is 8.78 Å². The van der Waals surface area contributed by atoms with Crippen molar-refractivity contribution >= 4 is 23.8 Å². The third kappa shape index (κ3) is 10.6. The first-order valence-electron chi connectivity index (χ1n) is 18.3. The molecule has 4 aromatic rings. The second-order valence-corrected chi connectivity index (χ2v) is 14.0. The molecule has 7 atom stereocenters. The molecule has 0 spiro atoms. The van der Waals surface area contributed by atoms with Crippen molar-refractivity contribution in [1.82, 2.24) is 39.8 Å². The minimum atomic E-state index is -2.12. The van der Waals surface area contributed by atoms with Crippen molar-refractivity contribution in [2.45, 2.75) is 69.2 Å². The number of ether oxygens (including phenoxy) is 4. The Morgan fingerprint density at radius 1 is 1.03 bits per heavy atom. The lowest BCUT2D eigenvalue weighted by atomic mass is 9.79. The van der Waals surface area contributed by atoms with Gasteiger partial charge in [0.05, 0.1) is 30.0 Å². The Hall–Kier alpha value is -6.50. The van der Waals surface area contributed by atoms with E-state index in [9.17, 15) is 44.2 Å². The van der Waals surface area contributed by atoms with E-state index in [4.69, 9.17) is 18.9 Å². The highest BCUT2D eigenvalue weighted by Crippen LogP contribution is 2.43. The van der Waals surface area contributed by atoms with Crippen LogP contribution in [0.15, 0.2) is 61.6 Å². The lowest BCUT2D eigenvalue weighted by Gasteiger charge is -2.41. The summed E-state index contributed by atoms with van der Waals surface area (Å²) in [6.07, 6.45) is -3.85. The van der Waals surface area contributed by atoms with Crippen LogP contribution in [0.1, 0.15) is 36.6 Å². The van der Waals surface area contributed by atoms with Crippen LogP contribution in [0.5, 0.6) is 5.75 Å². The Morgan fingerprint density at radius 2 is 1.75 bits per heavy atom. The molecule has 61 heavy (non-hydrogen) atoms. The SMILES string of the molecule is CC(=O)N[C@H]1[C@H](Oc2ccc(COC(=O)N(C)CCN(C)C(=O)O[C@@](Cn3cncn3)(c3ccc(F)cc3F)[C@@H](C)c3ncncc3F)cc2[N+](=O)[O-])O[C@H](CO)C(O)[C@@H]1O. The van der Waals surface area contributed by atoms with Gasteiger partial charge in [0.15, 0.2) is 17.2 Å². The average Bonchev–Trinajstić information content (AvgIpc) is 3.74. The zero-order valence-electron chi connectivity index (χ0n) is 33.0. The van der Waals surface area contributed by atoms with Crippen LogP contribution in [0.25, 0.3) is 0 Å². The predicted molar refractivity (Wildman–Crippen MR) is 199 cm³/mol. The molecule has 24 heteroatoms. The van der Waals surface area contributed by atoms with Gasteiger partial charge >= 0.3 is 17.9 Å². The molecule has 21 nitrogen and oxygen atoms in total. The standard InChI is InChI=1S/C37H42F3N9O12/c1-20(30-26(40)13-41-17-43-30)37(16-48-19-42-18-44-48,24-7-6-23(38)12-25(24)39)61-36(55)47(4)10-9-46(3)35(54)58-15-22-5-8-28(27(11-22)49(56)57)59-34-31(45-21(2)51)33(53)32(52)29(14-50)60-34/h5-8,11-13,17-20,29,31-34,50,52-53H,9-10,14-16H2,1-4H3,(H,45,51)/t20-,29+,31+,32?,33+,34+,37+/m0/s1. The number of nitrogens with zero attached hydrogens (tertiary/aromatic N) is 8. The summed E-state index contributed by atoms with van der Waals surface area (Å²) in [4.78, 5) is 63.4. The Labute approximate surface area is 344 Å². The second-order valence-electron chi connectivity index (χ2n) is 14.0. The number of hydrogen-bond acceptors (Lipinski definition) is 16. The van der Waals surface area contributed by atoms with Gasteiger partial charge in [-0.25, -0.2) is 42.4 Å². The number of benzene rings is 2. The molecule has 0 radical (unpaired) electrons. The van der Waals surface area contributed by atoms with E-state index in [1.54, 1.807) is 0 Å². The van der Waals surface area contributed by atoms with E-state index in [1.165, 1.54) is 44.4 Å². The van der Waals surface area contributed by atoms with Gasteiger partial charge < -0.3 is 49.4 Å². The zero-order chi connectivity index (χ0) is 44.6. The van der Waals surface area contributed by atoms with Gasteiger partial charge in [-0.2, -0.15) is 5.10 Å². The largest absolute Gasteiger partial charge is 0.455 e. The minimum Gasteiger partial charge on any atom is -0.455 e. The van der Waals surface area contributed by atoms with E-state index in [1.807, 2.05) is 0 Å². The Balaban J connectivity index is 1.27. The molecule has 2 aromatic carbocycles. The monoisotopic (exact) mass is 861 g/mol. The number of likely N-dealkylation sites (N-methyl/N-ethyl adjacent to an activating group) is 2. The number of aliphatic hydroxyl groups is 3. The maximum absolute atomic E-state index is 15.7. The summed E-state index contributed by atoms with van der Waals surface area (Å²) in [6, 6.07) is 4.73. The van der Waals surface area contributed by atoms with Crippen molar-refractivity contribution in [3.05, 3.63) is 106 Å². The van der Waals surface area contributed by atoms with Crippen LogP contribution >= 0.6 is 0 Å². The van der Waals surface area contributed by atoms with Gasteiger partial charge in [0.25, 0.3) is 0 Å². The highest BCUT2D eigenvalue weighted by Gasteiger charge is 2.49. The second kappa shape index (κ2) is 19.7. The number of nitrogens with one attached hydrogen (secondary N) is 1. The topological polar surface area (TPSA) is 267 Å². The molecule has 3 heterocycles. The van der Waals surface area contributed by atoms with Crippen LogP contribution in [-0.2, 0) is 37.8 Å². The summed E-state index contributed by atoms with van der Waals surface area (Å²) in [6.45, 7) is 0.536. The van der Waals surface area contributed by atoms with Gasteiger partial charge in [-0.15, -0.1) is 0 Å². The van der Waals surface area contributed by atoms with E-state index in [0.29, 0.717) is 6.07 Å². The molecule has 1 fully saturated rings. The van der Waals surface area contributed by atoms with Crippen LogP contribution in [0.4, 0.5) is 28.4 Å². The van der Waals surface area contributed by atoms with Crippen molar-refractivity contribution in [3.63, 3.8) is 0 Å². The van der Waals surface area contributed by atoms with E-state index < -0.39 is 108 Å². The van der Waals surface area contributed by atoms with Gasteiger partial charge in [0.1, 0.15) is 61.6 Å². The number of carbonyl (C=O) groups excluding carboxylic acids is 3. The molecule has 0 saturated carbocycles. The van der Waals surface area contributed by atoms with Crippen molar-refractivity contribution in [2.24, 2.45) is 0 Å². The molecule has 1 aliphatic rings. The van der Waals surface area contributed by atoms with Gasteiger partial charge in [-0.3, -0.25) is 14.9 Å².